The van der Waals surface area contributed by atoms with Crippen molar-refractivity contribution in [3.63, 3.8) is 0 Å². The van der Waals surface area contributed by atoms with Gasteiger partial charge in [0.15, 0.2) is 10.8 Å². The van der Waals surface area contributed by atoms with E-state index >= 15 is 0 Å². The van der Waals surface area contributed by atoms with Crippen LogP contribution in [0.25, 0.3) is 11.0 Å². The standard InChI is InChI=1S/C10H15N5S.HI/c1-3-4-5-16-10-13-8(11)7-6-12-15(2)9(7)14-10;/h6H,3-5H2,1-2H3,(H2,11,13,14);1H. The zero-order valence-electron chi connectivity index (χ0n) is 9.88. The van der Waals surface area contributed by atoms with Gasteiger partial charge in [-0.2, -0.15) is 5.10 Å². The fourth-order valence-corrected chi connectivity index (χ4v) is 2.33. The molecule has 0 bridgehead atoms. The van der Waals surface area contributed by atoms with Crippen molar-refractivity contribution in [2.75, 3.05) is 11.5 Å². The lowest BCUT2D eigenvalue weighted by molar-refractivity contribution is 0.777. The van der Waals surface area contributed by atoms with Crippen molar-refractivity contribution in [2.24, 2.45) is 7.05 Å². The average Bonchev–Trinajstić information content (AvgIpc) is 2.62. The molecule has 2 aromatic heterocycles. The first-order valence-electron chi connectivity index (χ1n) is 5.30. The van der Waals surface area contributed by atoms with Gasteiger partial charge in [0.05, 0.1) is 11.6 Å². The molecule has 17 heavy (non-hydrogen) atoms. The molecule has 0 atom stereocenters. The summed E-state index contributed by atoms with van der Waals surface area (Å²) in [7, 11) is 1.86. The van der Waals surface area contributed by atoms with Crippen LogP contribution >= 0.6 is 35.7 Å². The maximum Gasteiger partial charge on any atom is 0.191 e. The summed E-state index contributed by atoms with van der Waals surface area (Å²) in [6.07, 6.45) is 4.04. The molecular weight excluding hydrogens is 349 g/mol. The second kappa shape index (κ2) is 6.39. The molecule has 2 aromatic rings. The lowest BCUT2D eigenvalue weighted by atomic mass is 10.4. The van der Waals surface area contributed by atoms with Crippen molar-refractivity contribution < 1.29 is 0 Å². The van der Waals surface area contributed by atoms with Gasteiger partial charge in [-0.1, -0.05) is 25.1 Å². The highest BCUT2D eigenvalue weighted by atomic mass is 127. The van der Waals surface area contributed by atoms with Gasteiger partial charge in [0.2, 0.25) is 0 Å². The SMILES string of the molecule is CCCCSc1nc(N)c2cnn(C)c2n1.I. The minimum absolute atomic E-state index is 0. The maximum atomic E-state index is 5.86. The van der Waals surface area contributed by atoms with E-state index in [1.807, 2.05) is 7.05 Å². The first-order valence-corrected chi connectivity index (χ1v) is 6.29. The lowest BCUT2D eigenvalue weighted by Crippen LogP contribution is -1.99. The molecule has 2 rings (SSSR count). The third-order valence-corrected chi connectivity index (χ3v) is 3.26. The van der Waals surface area contributed by atoms with E-state index in [1.165, 1.54) is 6.42 Å². The number of aromatic nitrogens is 4. The van der Waals surface area contributed by atoms with E-state index in [0.29, 0.717) is 5.82 Å². The summed E-state index contributed by atoms with van der Waals surface area (Å²) in [5.74, 6) is 1.54. The number of nitrogens with two attached hydrogens (primary N) is 1. The van der Waals surface area contributed by atoms with E-state index in [0.717, 1.165) is 28.4 Å². The van der Waals surface area contributed by atoms with Crippen molar-refractivity contribution in [3.05, 3.63) is 6.20 Å². The summed E-state index contributed by atoms with van der Waals surface area (Å²) >= 11 is 1.64. The Labute approximate surface area is 122 Å². The largest absolute Gasteiger partial charge is 0.383 e. The molecular formula is C10H16IN5S. The maximum absolute atomic E-state index is 5.86. The Hall–Kier alpha value is -0.570. The van der Waals surface area contributed by atoms with Crippen LogP contribution in [0, 0.1) is 0 Å². The number of fused-ring (bicyclic) bond motifs is 1. The number of anilines is 1. The summed E-state index contributed by atoms with van der Waals surface area (Å²) in [6, 6.07) is 0. The van der Waals surface area contributed by atoms with Crippen molar-refractivity contribution in [3.8, 4) is 0 Å². The van der Waals surface area contributed by atoms with E-state index in [1.54, 1.807) is 22.6 Å². The quantitative estimate of drug-likeness (QED) is 0.390. The van der Waals surface area contributed by atoms with Crippen LogP contribution in [0.4, 0.5) is 5.82 Å². The van der Waals surface area contributed by atoms with Gasteiger partial charge in [-0.3, -0.25) is 4.68 Å². The Morgan fingerprint density at radius 1 is 1.41 bits per heavy atom. The molecule has 0 saturated carbocycles. The van der Waals surface area contributed by atoms with Gasteiger partial charge >= 0.3 is 0 Å². The zero-order valence-corrected chi connectivity index (χ0v) is 13.0. The highest BCUT2D eigenvalue weighted by Gasteiger charge is 2.08. The van der Waals surface area contributed by atoms with E-state index in [9.17, 15) is 0 Å². The van der Waals surface area contributed by atoms with Crippen LogP contribution in [-0.2, 0) is 7.05 Å². The molecule has 0 saturated heterocycles. The number of nitrogens with zero attached hydrogens (tertiary/aromatic N) is 4. The van der Waals surface area contributed by atoms with E-state index in [4.69, 9.17) is 5.73 Å². The van der Waals surface area contributed by atoms with Gasteiger partial charge in [-0.15, -0.1) is 24.0 Å². The van der Waals surface area contributed by atoms with Crippen LogP contribution in [0.3, 0.4) is 0 Å². The van der Waals surface area contributed by atoms with Crippen molar-refractivity contribution in [1.29, 1.82) is 0 Å². The van der Waals surface area contributed by atoms with Crippen LogP contribution in [-0.4, -0.2) is 25.5 Å². The summed E-state index contributed by atoms with van der Waals surface area (Å²) in [6.45, 7) is 2.17. The van der Waals surface area contributed by atoms with Gasteiger partial charge in [0.25, 0.3) is 0 Å². The molecule has 0 unspecified atom stereocenters. The van der Waals surface area contributed by atoms with Crippen molar-refractivity contribution in [2.45, 2.75) is 24.9 Å². The molecule has 94 valence electrons. The van der Waals surface area contributed by atoms with Crippen LogP contribution in [0.5, 0.6) is 0 Å². The molecule has 2 N–H and O–H groups in total. The summed E-state index contributed by atoms with van der Waals surface area (Å²) in [4.78, 5) is 8.70. The molecule has 5 nitrogen and oxygen atoms in total. The topological polar surface area (TPSA) is 69.6 Å². The van der Waals surface area contributed by atoms with Crippen LogP contribution in [0.15, 0.2) is 11.4 Å². The Bertz CT molecular complexity index is 499. The third kappa shape index (κ3) is 3.21. The zero-order chi connectivity index (χ0) is 11.5. The second-order valence-corrected chi connectivity index (χ2v) is 4.66. The minimum Gasteiger partial charge on any atom is -0.383 e. The number of halogens is 1. The molecule has 0 aliphatic rings. The van der Waals surface area contributed by atoms with Crippen LogP contribution in [0.1, 0.15) is 19.8 Å². The minimum atomic E-state index is 0. The van der Waals surface area contributed by atoms with Gasteiger partial charge < -0.3 is 5.73 Å². The monoisotopic (exact) mass is 365 g/mol. The molecule has 0 spiro atoms. The molecule has 0 fully saturated rings. The first kappa shape index (κ1) is 14.5. The second-order valence-electron chi connectivity index (χ2n) is 3.60. The Morgan fingerprint density at radius 2 is 2.18 bits per heavy atom. The lowest BCUT2D eigenvalue weighted by Gasteiger charge is -2.02. The van der Waals surface area contributed by atoms with Gasteiger partial charge in [-0.05, 0) is 6.42 Å². The number of rotatable bonds is 4. The number of unbranched alkanes of at least 4 members (excludes halogenated alkanes) is 1. The molecule has 0 aromatic carbocycles. The normalized spacial score (nSPS) is 10.5. The van der Waals surface area contributed by atoms with Crippen molar-refractivity contribution >= 4 is 52.6 Å². The number of aryl methyl sites for hydroxylation is 1. The summed E-state index contributed by atoms with van der Waals surface area (Å²) < 4.78 is 1.72. The fourth-order valence-electron chi connectivity index (χ4n) is 1.40. The number of hydrogen-bond donors (Lipinski definition) is 1. The number of hydrogen-bond acceptors (Lipinski definition) is 5. The summed E-state index contributed by atoms with van der Waals surface area (Å²) in [5.41, 5.74) is 6.65. The van der Waals surface area contributed by atoms with E-state index < -0.39 is 0 Å². The Morgan fingerprint density at radius 3 is 2.88 bits per heavy atom. The van der Waals surface area contributed by atoms with Crippen LogP contribution in [0.2, 0.25) is 0 Å². The highest BCUT2D eigenvalue weighted by molar-refractivity contribution is 14.0. The Balaban J connectivity index is 0.00000144. The number of nitrogen functional groups attached to an aromatic ring is 1. The van der Waals surface area contributed by atoms with E-state index in [-0.39, 0.29) is 24.0 Å². The molecule has 7 heteroatoms. The molecule has 2 heterocycles. The van der Waals surface area contributed by atoms with Gasteiger partial charge in [0, 0.05) is 12.8 Å². The molecule has 0 aliphatic heterocycles. The molecule has 0 radical (unpaired) electrons. The first-order chi connectivity index (χ1) is 7.72. The Kier molecular flexibility index (Phi) is 5.44. The fraction of sp³-hybridized carbons (Fsp3) is 0.500. The molecule has 0 aliphatic carbocycles. The predicted octanol–water partition coefficient (Wildman–Crippen LogP) is 2.46. The van der Waals surface area contributed by atoms with Gasteiger partial charge in [-0.25, -0.2) is 9.97 Å². The third-order valence-electron chi connectivity index (χ3n) is 2.33. The predicted molar refractivity (Wildman–Crippen MR) is 81.8 cm³/mol. The smallest absolute Gasteiger partial charge is 0.191 e. The molecule has 0 amide bonds. The van der Waals surface area contributed by atoms with E-state index in [2.05, 4.69) is 22.0 Å². The van der Waals surface area contributed by atoms with Crippen LogP contribution < -0.4 is 5.73 Å². The van der Waals surface area contributed by atoms with Crippen molar-refractivity contribution in [1.82, 2.24) is 19.7 Å². The highest BCUT2D eigenvalue weighted by Crippen LogP contribution is 2.22. The van der Waals surface area contributed by atoms with Gasteiger partial charge in [0.1, 0.15) is 5.82 Å². The summed E-state index contributed by atoms with van der Waals surface area (Å²) in [5, 5.41) is 5.68. The number of thioether (sulfide) groups is 1. The average molecular weight is 365 g/mol.